The van der Waals surface area contributed by atoms with E-state index in [0.717, 1.165) is 50.8 Å². The Balaban J connectivity index is 1.28. The maximum atomic E-state index is 7.20. The van der Waals surface area contributed by atoms with Gasteiger partial charge in [-0.15, -0.1) is 0 Å². The van der Waals surface area contributed by atoms with Crippen molar-refractivity contribution in [2.75, 3.05) is 9.80 Å². The van der Waals surface area contributed by atoms with Crippen LogP contribution in [0.3, 0.4) is 0 Å². The summed E-state index contributed by atoms with van der Waals surface area (Å²) >= 11 is 0. The van der Waals surface area contributed by atoms with Gasteiger partial charge in [-0.1, -0.05) is 117 Å². The van der Waals surface area contributed by atoms with Crippen molar-refractivity contribution in [3.63, 3.8) is 0 Å². The summed E-state index contributed by atoms with van der Waals surface area (Å²) in [5, 5.41) is 0.900. The van der Waals surface area contributed by atoms with Gasteiger partial charge in [-0.2, -0.15) is 0 Å². The lowest BCUT2D eigenvalue weighted by Crippen LogP contribution is -2.61. The Kier molecular flexibility index (Phi) is 7.30. The fourth-order valence-electron chi connectivity index (χ4n) is 8.72. The number of hydrogen-bond acceptors (Lipinski definition) is 5. The number of rotatable bonds is 2. The van der Waals surface area contributed by atoms with Crippen molar-refractivity contribution in [2.24, 2.45) is 0 Å². The van der Waals surface area contributed by atoms with Crippen LogP contribution in [0.2, 0.25) is 0 Å². The molecule has 10 rings (SSSR count). The van der Waals surface area contributed by atoms with Gasteiger partial charge >= 0.3 is 0 Å². The van der Waals surface area contributed by atoms with Gasteiger partial charge in [-0.05, 0) is 111 Å². The summed E-state index contributed by atoms with van der Waals surface area (Å²) in [6, 6.07) is 43.8. The number of fused-ring (bicyclic) bond motifs is 9. The van der Waals surface area contributed by atoms with Crippen molar-refractivity contribution in [1.29, 1.82) is 0 Å². The van der Waals surface area contributed by atoms with E-state index >= 15 is 0 Å². The molecule has 0 amide bonds. The number of furan rings is 1. The van der Waals surface area contributed by atoms with E-state index in [1.54, 1.807) is 0 Å². The molecule has 0 fully saturated rings. The van der Waals surface area contributed by atoms with Gasteiger partial charge in [0.2, 0.25) is 0 Å². The van der Waals surface area contributed by atoms with Crippen LogP contribution in [0.5, 0.6) is 23.0 Å². The van der Waals surface area contributed by atoms with E-state index in [9.17, 15) is 0 Å². The van der Waals surface area contributed by atoms with Crippen molar-refractivity contribution in [1.82, 2.24) is 0 Å². The molecule has 1 aromatic heterocycles. The highest BCUT2D eigenvalue weighted by Crippen LogP contribution is 2.54. The molecule has 7 aromatic rings. The lowest BCUT2D eigenvalue weighted by Gasteiger charge is -2.43. The first kappa shape index (κ1) is 34.6. The quantitative estimate of drug-likeness (QED) is 0.165. The molecule has 6 aromatic carbocycles. The van der Waals surface area contributed by atoms with Crippen LogP contribution in [-0.2, 0) is 16.2 Å². The second kappa shape index (κ2) is 11.8. The third-order valence-electron chi connectivity index (χ3n) is 11.8. The van der Waals surface area contributed by atoms with E-state index in [1.807, 2.05) is 36.4 Å². The van der Waals surface area contributed by atoms with E-state index in [4.69, 9.17) is 13.9 Å². The molecule has 4 heterocycles. The zero-order valence-corrected chi connectivity index (χ0v) is 33.7. The number of anilines is 6. The molecular weight excluding hydrogens is 687 g/mol. The molecule has 278 valence electrons. The topological polar surface area (TPSA) is 38.1 Å². The molecule has 0 spiro atoms. The van der Waals surface area contributed by atoms with Crippen LogP contribution in [0.15, 0.2) is 126 Å². The van der Waals surface area contributed by atoms with Crippen LogP contribution < -0.4 is 35.9 Å². The van der Waals surface area contributed by atoms with Crippen LogP contribution in [0.4, 0.5) is 34.1 Å². The van der Waals surface area contributed by atoms with E-state index in [1.165, 1.54) is 27.6 Å². The Morgan fingerprint density at radius 2 is 1.04 bits per heavy atom. The third kappa shape index (κ3) is 5.22. The zero-order valence-electron chi connectivity index (χ0n) is 33.7. The second-order valence-electron chi connectivity index (χ2n) is 18.7. The molecule has 0 saturated carbocycles. The standard InChI is InChI=1S/C50H47BN2O3/c1-48(2,3)30-17-22-33(23-18-30)52-36-26-21-32(50(7,8)9)29-35(36)51-44-37(52)13-12-14-38(44)53(34-24-19-31(20-25-34)49(4,5)6)45-43-41(56-47(45)51)27-28-42-46(43)55-40-16-11-10-15-39(40)54-42/h10-29H,1-9H3. The number of benzene rings is 6. The Bertz CT molecular complexity index is 2710. The summed E-state index contributed by atoms with van der Waals surface area (Å²) in [6.07, 6.45) is 0. The van der Waals surface area contributed by atoms with E-state index < -0.39 is 0 Å². The third-order valence-corrected chi connectivity index (χ3v) is 11.8. The molecule has 0 aliphatic carbocycles. The molecule has 3 aliphatic heterocycles. The number of nitrogens with zero attached hydrogens (tertiary/aromatic N) is 2. The van der Waals surface area contributed by atoms with Gasteiger partial charge in [0, 0.05) is 28.4 Å². The molecule has 0 bridgehead atoms. The summed E-state index contributed by atoms with van der Waals surface area (Å²) in [4.78, 5) is 4.85. The van der Waals surface area contributed by atoms with Gasteiger partial charge in [-0.25, -0.2) is 0 Å². The average Bonchev–Trinajstić information content (AvgIpc) is 3.55. The predicted octanol–water partition coefficient (Wildman–Crippen LogP) is 12.3. The Morgan fingerprint density at radius 1 is 0.482 bits per heavy atom. The maximum Gasteiger partial charge on any atom is 0.297 e. The van der Waals surface area contributed by atoms with Crippen LogP contribution >= 0.6 is 0 Å². The fraction of sp³-hybridized carbons (Fsp3) is 0.240. The second-order valence-corrected chi connectivity index (χ2v) is 18.7. The van der Waals surface area contributed by atoms with Crippen LogP contribution in [0, 0.1) is 0 Å². The van der Waals surface area contributed by atoms with E-state index in [-0.39, 0.29) is 23.0 Å². The van der Waals surface area contributed by atoms with Crippen molar-refractivity contribution in [3.8, 4) is 23.0 Å². The minimum Gasteiger partial charge on any atom is -0.468 e. The van der Waals surface area contributed by atoms with Crippen LogP contribution in [0.1, 0.15) is 79.0 Å². The molecule has 0 unspecified atom stereocenters. The van der Waals surface area contributed by atoms with Crippen molar-refractivity contribution >= 4 is 68.4 Å². The van der Waals surface area contributed by atoms with Crippen molar-refractivity contribution in [3.05, 3.63) is 138 Å². The molecule has 0 saturated heterocycles. The summed E-state index contributed by atoms with van der Waals surface area (Å²) < 4.78 is 20.5. The zero-order chi connectivity index (χ0) is 38.9. The molecule has 5 nitrogen and oxygen atoms in total. The fourth-order valence-corrected chi connectivity index (χ4v) is 8.72. The summed E-state index contributed by atoms with van der Waals surface area (Å²) in [7, 11) is 0. The smallest absolute Gasteiger partial charge is 0.297 e. The SMILES string of the molecule is CC(C)(C)c1ccc(N2c3ccc(C(C)(C)C)cc3B3c4oc5ccc6c(c5c4N(c4ccc(C(C)(C)C)cc4)c4cccc2c43)Oc2ccccc2O6)cc1. The highest BCUT2D eigenvalue weighted by Gasteiger charge is 2.48. The largest absolute Gasteiger partial charge is 0.468 e. The molecule has 0 radical (unpaired) electrons. The Morgan fingerprint density at radius 3 is 1.64 bits per heavy atom. The predicted molar refractivity (Wildman–Crippen MR) is 233 cm³/mol. The lowest BCUT2D eigenvalue weighted by molar-refractivity contribution is 0.363. The molecule has 3 aliphatic rings. The first-order valence-electron chi connectivity index (χ1n) is 19.8. The van der Waals surface area contributed by atoms with Gasteiger partial charge in [0.1, 0.15) is 5.58 Å². The Labute approximate surface area is 330 Å². The normalized spacial score (nSPS) is 14.3. The highest BCUT2D eigenvalue weighted by molar-refractivity contribution is 7.00. The first-order valence-corrected chi connectivity index (χ1v) is 19.8. The molecular formula is C50H47BN2O3. The molecule has 0 atom stereocenters. The van der Waals surface area contributed by atoms with Gasteiger partial charge in [0.15, 0.2) is 23.0 Å². The van der Waals surface area contributed by atoms with Crippen molar-refractivity contribution in [2.45, 2.75) is 78.6 Å². The first-order chi connectivity index (χ1) is 26.7. The summed E-state index contributed by atoms with van der Waals surface area (Å²) in [5.74, 6) is 2.73. The molecule has 0 N–H and O–H groups in total. The summed E-state index contributed by atoms with van der Waals surface area (Å²) in [5.41, 5.74) is 14.5. The van der Waals surface area contributed by atoms with Gasteiger partial charge in [-0.3, -0.25) is 0 Å². The number of hydrogen-bond donors (Lipinski definition) is 0. The molecule has 56 heavy (non-hydrogen) atoms. The van der Waals surface area contributed by atoms with Crippen LogP contribution in [0.25, 0.3) is 11.0 Å². The maximum absolute atomic E-state index is 7.20. The average molecular weight is 735 g/mol. The van der Waals surface area contributed by atoms with Gasteiger partial charge < -0.3 is 23.7 Å². The van der Waals surface area contributed by atoms with Gasteiger partial charge in [0.25, 0.3) is 6.71 Å². The van der Waals surface area contributed by atoms with Gasteiger partial charge in [0.05, 0.1) is 16.7 Å². The van der Waals surface area contributed by atoms with E-state index in [0.29, 0.717) is 23.0 Å². The monoisotopic (exact) mass is 734 g/mol. The summed E-state index contributed by atoms with van der Waals surface area (Å²) in [6.45, 7) is 20.3. The minimum absolute atomic E-state index is 0.0140. The van der Waals surface area contributed by atoms with Crippen LogP contribution in [-0.4, -0.2) is 6.71 Å². The number of ether oxygens (including phenoxy) is 2. The van der Waals surface area contributed by atoms with E-state index in [2.05, 4.69) is 157 Å². The number of para-hydroxylation sites is 2. The lowest BCUT2D eigenvalue weighted by atomic mass is 9.35. The minimum atomic E-state index is -0.177. The van der Waals surface area contributed by atoms with Crippen molar-refractivity contribution < 1.29 is 13.9 Å². The Hall–Kier alpha value is -5.88. The molecule has 6 heteroatoms. The highest BCUT2D eigenvalue weighted by atomic mass is 16.6.